The van der Waals surface area contributed by atoms with E-state index in [2.05, 4.69) is 10.3 Å². The number of benzene rings is 1. The molecule has 5 heteroatoms. The standard InChI is InChI=1S/C15H12Cl2N2O/c16-13-5-3-11(8-14(13)17)4-6-15(20)19-10-12-2-1-7-18-9-12/h1-9H,10H2,(H,19,20)/b6-4+. The molecule has 0 fully saturated rings. The number of halogens is 2. The molecule has 1 amide bonds. The van der Waals surface area contributed by atoms with E-state index in [1.165, 1.54) is 6.08 Å². The lowest BCUT2D eigenvalue weighted by atomic mass is 10.2. The molecule has 0 radical (unpaired) electrons. The van der Waals surface area contributed by atoms with Crippen LogP contribution in [0.2, 0.25) is 10.0 Å². The lowest BCUT2D eigenvalue weighted by Gasteiger charge is -2.01. The maximum atomic E-state index is 11.7. The number of hydrogen-bond acceptors (Lipinski definition) is 2. The first-order chi connectivity index (χ1) is 9.65. The number of carbonyl (C=O) groups excluding carboxylic acids is 1. The predicted octanol–water partition coefficient (Wildman–Crippen LogP) is 3.72. The average Bonchev–Trinajstić information content (AvgIpc) is 2.47. The van der Waals surface area contributed by atoms with E-state index >= 15 is 0 Å². The maximum absolute atomic E-state index is 11.7. The molecule has 0 spiro atoms. The molecule has 102 valence electrons. The van der Waals surface area contributed by atoms with Gasteiger partial charge in [0.25, 0.3) is 0 Å². The quantitative estimate of drug-likeness (QED) is 0.875. The summed E-state index contributed by atoms with van der Waals surface area (Å²) in [5.41, 5.74) is 1.76. The van der Waals surface area contributed by atoms with Crippen molar-refractivity contribution >= 4 is 35.2 Å². The second-order valence-electron chi connectivity index (χ2n) is 4.09. The minimum absolute atomic E-state index is 0.181. The van der Waals surface area contributed by atoms with E-state index < -0.39 is 0 Å². The number of nitrogens with one attached hydrogen (secondary N) is 1. The normalized spacial score (nSPS) is 10.7. The fourth-order valence-electron chi connectivity index (χ4n) is 1.54. The number of amides is 1. The second kappa shape index (κ2) is 7.08. The van der Waals surface area contributed by atoms with Gasteiger partial charge in [-0.1, -0.05) is 35.3 Å². The number of rotatable bonds is 4. The van der Waals surface area contributed by atoms with Gasteiger partial charge in [0.15, 0.2) is 0 Å². The molecule has 3 nitrogen and oxygen atoms in total. The topological polar surface area (TPSA) is 42.0 Å². The third-order valence-electron chi connectivity index (χ3n) is 2.56. The van der Waals surface area contributed by atoms with Crippen LogP contribution in [0.15, 0.2) is 48.8 Å². The van der Waals surface area contributed by atoms with E-state index in [-0.39, 0.29) is 5.91 Å². The van der Waals surface area contributed by atoms with Gasteiger partial charge in [-0.15, -0.1) is 0 Å². The summed E-state index contributed by atoms with van der Waals surface area (Å²) < 4.78 is 0. The van der Waals surface area contributed by atoms with E-state index in [9.17, 15) is 4.79 Å². The highest BCUT2D eigenvalue weighted by molar-refractivity contribution is 6.42. The van der Waals surface area contributed by atoms with Crippen LogP contribution >= 0.6 is 23.2 Å². The van der Waals surface area contributed by atoms with Crippen LogP contribution in [0.5, 0.6) is 0 Å². The summed E-state index contributed by atoms with van der Waals surface area (Å²) in [5, 5.41) is 3.72. The van der Waals surface area contributed by atoms with Crippen LogP contribution in [0.4, 0.5) is 0 Å². The SMILES string of the molecule is O=C(/C=C/c1ccc(Cl)c(Cl)c1)NCc1cccnc1. The van der Waals surface area contributed by atoms with Gasteiger partial charge < -0.3 is 5.32 Å². The Labute approximate surface area is 127 Å². The molecular formula is C15H12Cl2N2O. The first-order valence-electron chi connectivity index (χ1n) is 5.95. The van der Waals surface area contributed by atoms with Crippen molar-refractivity contribution in [3.8, 4) is 0 Å². The molecule has 0 aliphatic carbocycles. The monoisotopic (exact) mass is 306 g/mol. The van der Waals surface area contributed by atoms with Crippen LogP contribution in [0.1, 0.15) is 11.1 Å². The van der Waals surface area contributed by atoms with Crippen LogP contribution in [0.3, 0.4) is 0 Å². The second-order valence-corrected chi connectivity index (χ2v) is 4.90. The highest BCUT2D eigenvalue weighted by atomic mass is 35.5. The minimum Gasteiger partial charge on any atom is -0.348 e. The molecule has 1 aromatic carbocycles. The molecule has 1 heterocycles. The molecule has 0 aliphatic rings. The highest BCUT2D eigenvalue weighted by Gasteiger charge is 1.99. The Morgan fingerprint density at radius 2 is 2.10 bits per heavy atom. The molecule has 2 aromatic rings. The van der Waals surface area contributed by atoms with Gasteiger partial charge in [0.05, 0.1) is 10.0 Å². The molecule has 1 N–H and O–H groups in total. The zero-order chi connectivity index (χ0) is 14.4. The van der Waals surface area contributed by atoms with E-state index in [4.69, 9.17) is 23.2 Å². The van der Waals surface area contributed by atoms with Crippen LogP contribution in [-0.4, -0.2) is 10.9 Å². The van der Waals surface area contributed by atoms with Gasteiger partial charge in [0, 0.05) is 25.0 Å². The first-order valence-corrected chi connectivity index (χ1v) is 6.70. The summed E-state index contributed by atoms with van der Waals surface area (Å²) >= 11 is 11.7. The molecule has 0 bridgehead atoms. The lowest BCUT2D eigenvalue weighted by Crippen LogP contribution is -2.20. The Balaban J connectivity index is 1.90. The fourth-order valence-corrected chi connectivity index (χ4v) is 1.85. The molecule has 20 heavy (non-hydrogen) atoms. The van der Waals surface area contributed by atoms with E-state index in [0.29, 0.717) is 16.6 Å². The summed E-state index contributed by atoms with van der Waals surface area (Å²) in [6.07, 6.45) is 6.54. The minimum atomic E-state index is -0.181. The van der Waals surface area contributed by atoms with E-state index in [1.54, 1.807) is 36.7 Å². The van der Waals surface area contributed by atoms with Crippen LogP contribution < -0.4 is 5.32 Å². The van der Waals surface area contributed by atoms with Gasteiger partial charge in [-0.3, -0.25) is 9.78 Å². The predicted molar refractivity (Wildman–Crippen MR) is 81.6 cm³/mol. The van der Waals surface area contributed by atoms with E-state index in [0.717, 1.165) is 11.1 Å². The molecular weight excluding hydrogens is 295 g/mol. The molecule has 0 aliphatic heterocycles. The first kappa shape index (κ1) is 14.6. The Morgan fingerprint density at radius 1 is 1.25 bits per heavy atom. The van der Waals surface area contributed by atoms with Crippen molar-refractivity contribution in [3.63, 3.8) is 0 Å². The average molecular weight is 307 g/mol. The molecule has 0 saturated heterocycles. The lowest BCUT2D eigenvalue weighted by molar-refractivity contribution is -0.116. The van der Waals surface area contributed by atoms with Gasteiger partial charge in [0.2, 0.25) is 5.91 Å². The van der Waals surface area contributed by atoms with Crippen LogP contribution in [-0.2, 0) is 11.3 Å². The maximum Gasteiger partial charge on any atom is 0.244 e. The molecule has 0 atom stereocenters. The highest BCUT2D eigenvalue weighted by Crippen LogP contribution is 2.22. The number of pyridine rings is 1. The Bertz CT molecular complexity index is 627. The zero-order valence-electron chi connectivity index (χ0n) is 10.5. The number of carbonyl (C=O) groups is 1. The molecule has 0 saturated carbocycles. The van der Waals surface area contributed by atoms with Gasteiger partial charge >= 0.3 is 0 Å². The van der Waals surface area contributed by atoms with Crippen molar-refractivity contribution in [1.82, 2.24) is 10.3 Å². The number of aromatic nitrogens is 1. The van der Waals surface area contributed by atoms with Crippen LogP contribution in [0.25, 0.3) is 6.08 Å². The number of nitrogens with zero attached hydrogens (tertiary/aromatic N) is 1. The summed E-state index contributed by atoms with van der Waals surface area (Å²) in [7, 11) is 0. The van der Waals surface area contributed by atoms with Crippen molar-refractivity contribution in [2.75, 3.05) is 0 Å². The van der Waals surface area contributed by atoms with Gasteiger partial charge in [0.1, 0.15) is 0 Å². The van der Waals surface area contributed by atoms with Gasteiger partial charge in [-0.05, 0) is 35.4 Å². The van der Waals surface area contributed by atoms with Gasteiger partial charge in [-0.25, -0.2) is 0 Å². The smallest absolute Gasteiger partial charge is 0.244 e. The molecule has 2 rings (SSSR count). The number of hydrogen-bond donors (Lipinski definition) is 1. The van der Waals surface area contributed by atoms with Crippen molar-refractivity contribution in [2.45, 2.75) is 6.54 Å². The van der Waals surface area contributed by atoms with Crippen molar-refractivity contribution in [1.29, 1.82) is 0 Å². The summed E-state index contributed by atoms with van der Waals surface area (Å²) in [4.78, 5) is 15.6. The zero-order valence-corrected chi connectivity index (χ0v) is 12.0. The molecule has 0 unspecified atom stereocenters. The Kier molecular flexibility index (Phi) is 5.16. The van der Waals surface area contributed by atoms with Crippen molar-refractivity contribution < 1.29 is 4.79 Å². The largest absolute Gasteiger partial charge is 0.348 e. The Hall–Kier alpha value is -1.84. The molecule has 1 aromatic heterocycles. The van der Waals surface area contributed by atoms with Crippen molar-refractivity contribution in [3.05, 3.63) is 70.0 Å². The summed E-state index contributed by atoms with van der Waals surface area (Å²) in [5.74, 6) is -0.181. The van der Waals surface area contributed by atoms with Crippen molar-refractivity contribution in [2.24, 2.45) is 0 Å². The Morgan fingerprint density at radius 3 is 2.80 bits per heavy atom. The van der Waals surface area contributed by atoms with Crippen LogP contribution in [0, 0.1) is 0 Å². The summed E-state index contributed by atoms with van der Waals surface area (Å²) in [6, 6.07) is 8.91. The third-order valence-corrected chi connectivity index (χ3v) is 3.30. The van der Waals surface area contributed by atoms with Gasteiger partial charge in [-0.2, -0.15) is 0 Å². The van der Waals surface area contributed by atoms with E-state index in [1.807, 2.05) is 12.1 Å². The fraction of sp³-hybridized carbons (Fsp3) is 0.0667. The summed E-state index contributed by atoms with van der Waals surface area (Å²) in [6.45, 7) is 0.443. The third kappa shape index (κ3) is 4.37.